The number of hydrogen-bond acceptors (Lipinski definition) is 3. The van der Waals surface area contributed by atoms with E-state index in [1.165, 1.54) is 12.1 Å². The van der Waals surface area contributed by atoms with Gasteiger partial charge in [-0.2, -0.15) is 0 Å². The number of aliphatic hydroxyl groups is 1. The van der Waals surface area contributed by atoms with Crippen LogP contribution in [0.1, 0.15) is 26.3 Å². The molecule has 1 rings (SSSR count). The average molecular weight is 212 g/mol. The second-order valence-electron chi connectivity index (χ2n) is 3.31. The zero-order valence-corrected chi connectivity index (χ0v) is 9.57. The van der Waals surface area contributed by atoms with Crippen molar-refractivity contribution in [3.63, 3.8) is 0 Å². The lowest BCUT2D eigenvalue weighted by Crippen LogP contribution is -2.04. The van der Waals surface area contributed by atoms with Crippen LogP contribution in [0.5, 0.6) is 11.5 Å². The molecular formula is C12H20O3. The lowest BCUT2D eigenvalue weighted by atomic mass is 10.0. The van der Waals surface area contributed by atoms with E-state index in [0.29, 0.717) is 6.42 Å². The first-order valence-electron chi connectivity index (χ1n) is 5.25. The molecule has 1 aromatic carbocycles. The number of phenols is 2. The second-order valence-corrected chi connectivity index (χ2v) is 3.31. The summed E-state index contributed by atoms with van der Waals surface area (Å²) in [7, 11) is 0. The van der Waals surface area contributed by atoms with Crippen molar-refractivity contribution in [1.82, 2.24) is 0 Å². The molecule has 0 aliphatic rings. The molecule has 0 heterocycles. The minimum atomic E-state index is -0.111. The first-order chi connectivity index (χ1) is 7.13. The van der Waals surface area contributed by atoms with Gasteiger partial charge in [0.25, 0.3) is 0 Å². The van der Waals surface area contributed by atoms with Gasteiger partial charge in [-0.25, -0.2) is 0 Å². The van der Waals surface area contributed by atoms with E-state index in [1.54, 1.807) is 6.07 Å². The quantitative estimate of drug-likeness (QED) is 0.674. The van der Waals surface area contributed by atoms with Crippen LogP contribution < -0.4 is 0 Å². The molecule has 3 heteroatoms. The van der Waals surface area contributed by atoms with E-state index in [9.17, 15) is 5.11 Å². The Morgan fingerprint density at radius 2 is 1.73 bits per heavy atom. The molecule has 0 bridgehead atoms. The summed E-state index contributed by atoms with van der Waals surface area (Å²) in [5.41, 5.74) is 0.914. The molecule has 3 nitrogen and oxygen atoms in total. The SMILES string of the molecule is CC.C[C@H](CO)Cc1ccc(O)c(O)c1. The Morgan fingerprint density at radius 1 is 1.13 bits per heavy atom. The van der Waals surface area contributed by atoms with Gasteiger partial charge in [0.1, 0.15) is 0 Å². The molecule has 86 valence electrons. The molecule has 1 aromatic rings. The van der Waals surface area contributed by atoms with Crippen molar-refractivity contribution in [2.75, 3.05) is 6.61 Å². The number of benzene rings is 1. The molecule has 0 saturated carbocycles. The molecule has 0 radical (unpaired) electrons. The van der Waals surface area contributed by atoms with Crippen molar-refractivity contribution in [1.29, 1.82) is 0 Å². The Balaban J connectivity index is 0.000000921. The van der Waals surface area contributed by atoms with Gasteiger partial charge < -0.3 is 15.3 Å². The number of aromatic hydroxyl groups is 2. The smallest absolute Gasteiger partial charge is 0.157 e. The summed E-state index contributed by atoms with van der Waals surface area (Å²) in [5, 5.41) is 27.0. The van der Waals surface area contributed by atoms with Crippen molar-refractivity contribution in [2.24, 2.45) is 5.92 Å². The molecule has 1 atom stereocenters. The predicted molar refractivity (Wildman–Crippen MR) is 61.1 cm³/mol. The molecular weight excluding hydrogens is 192 g/mol. The van der Waals surface area contributed by atoms with Crippen LogP contribution in [-0.4, -0.2) is 21.9 Å². The standard InChI is InChI=1S/C10H14O3.C2H6/c1-7(6-11)4-8-2-3-9(12)10(13)5-8;1-2/h2-3,5,7,11-13H,4,6H2,1H3;1-2H3/t7-;/m0./s1. The van der Waals surface area contributed by atoms with Gasteiger partial charge in [0, 0.05) is 6.61 Å². The maximum atomic E-state index is 9.17. The summed E-state index contributed by atoms with van der Waals surface area (Å²) in [4.78, 5) is 0. The van der Waals surface area contributed by atoms with E-state index < -0.39 is 0 Å². The summed E-state index contributed by atoms with van der Waals surface area (Å²) in [6, 6.07) is 4.71. The Hall–Kier alpha value is -1.22. The summed E-state index contributed by atoms with van der Waals surface area (Å²) >= 11 is 0. The zero-order chi connectivity index (χ0) is 11.8. The van der Waals surface area contributed by atoms with Gasteiger partial charge in [0.05, 0.1) is 0 Å². The van der Waals surface area contributed by atoms with Gasteiger partial charge >= 0.3 is 0 Å². The lowest BCUT2D eigenvalue weighted by Gasteiger charge is -2.08. The number of aliphatic hydroxyl groups excluding tert-OH is 1. The van der Waals surface area contributed by atoms with Gasteiger partial charge in [0.15, 0.2) is 11.5 Å². The van der Waals surface area contributed by atoms with Gasteiger partial charge in [-0.05, 0) is 30.0 Å². The van der Waals surface area contributed by atoms with E-state index in [1.807, 2.05) is 20.8 Å². The van der Waals surface area contributed by atoms with Crippen molar-refractivity contribution in [3.8, 4) is 11.5 Å². The second kappa shape index (κ2) is 7.12. The minimum absolute atomic E-state index is 0.109. The fraction of sp³-hybridized carbons (Fsp3) is 0.500. The third kappa shape index (κ3) is 4.70. The summed E-state index contributed by atoms with van der Waals surface area (Å²) in [5.74, 6) is -0.0491. The fourth-order valence-corrected chi connectivity index (χ4v) is 1.16. The highest BCUT2D eigenvalue weighted by molar-refractivity contribution is 5.40. The highest BCUT2D eigenvalue weighted by Gasteiger charge is 2.04. The van der Waals surface area contributed by atoms with Crippen LogP contribution in [0.25, 0.3) is 0 Å². The van der Waals surface area contributed by atoms with Crippen molar-refractivity contribution in [2.45, 2.75) is 27.2 Å². The van der Waals surface area contributed by atoms with Gasteiger partial charge in [-0.3, -0.25) is 0 Å². The van der Waals surface area contributed by atoms with Crippen LogP contribution in [0.2, 0.25) is 0 Å². The maximum Gasteiger partial charge on any atom is 0.157 e. The molecule has 0 aliphatic heterocycles. The first kappa shape index (κ1) is 13.8. The highest BCUT2D eigenvalue weighted by atomic mass is 16.3. The molecule has 0 saturated heterocycles. The third-order valence-corrected chi connectivity index (χ3v) is 1.94. The van der Waals surface area contributed by atoms with Gasteiger partial charge in [0.2, 0.25) is 0 Å². The van der Waals surface area contributed by atoms with Crippen molar-refractivity contribution < 1.29 is 15.3 Å². The fourth-order valence-electron chi connectivity index (χ4n) is 1.16. The lowest BCUT2D eigenvalue weighted by molar-refractivity contribution is 0.237. The van der Waals surface area contributed by atoms with Crippen molar-refractivity contribution >= 4 is 0 Å². The maximum absolute atomic E-state index is 9.17. The summed E-state index contributed by atoms with van der Waals surface area (Å²) in [6.07, 6.45) is 0.699. The topological polar surface area (TPSA) is 60.7 Å². The number of rotatable bonds is 3. The Morgan fingerprint density at radius 3 is 2.20 bits per heavy atom. The molecule has 0 fully saturated rings. The Bertz CT molecular complexity index is 284. The van der Waals surface area contributed by atoms with Crippen LogP contribution in [0, 0.1) is 5.92 Å². The van der Waals surface area contributed by atoms with E-state index in [4.69, 9.17) is 10.2 Å². The van der Waals surface area contributed by atoms with Crippen LogP contribution in [0.15, 0.2) is 18.2 Å². The normalized spacial score (nSPS) is 11.5. The van der Waals surface area contributed by atoms with Crippen LogP contribution in [0.4, 0.5) is 0 Å². The van der Waals surface area contributed by atoms with Crippen LogP contribution in [0.3, 0.4) is 0 Å². The van der Waals surface area contributed by atoms with E-state index >= 15 is 0 Å². The van der Waals surface area contributed by atoms with Crippen LogP contribution in [-0.2, 0) is 6.42 Å². The number of phenolic OH excluding ortho intramolecular Hbond substituents is 2. The van der Waals surface area contributed by atoms with E-state index in [0.717, 1.165) is 5.56 Å². The monoisotopic (exact) mass is 212 g/mol. The van der Waals surface area contributed by atoms with Crippen LogP contribution >= 0.6 is 0 Å². The number of hydrogen-bond donors (Lipinski definition) is 3. The molecule has 0 aromatic heterocycles. The molecule has 15 heavy (non-hydrogen) atoms. The molecule has 0 unspecified atom stereocenters. The van der Waals surface area contributed by atoms with Crippen molar-refractivity contribution in [3.05, 3.63) is 23.8 Å². The van der Waals surface area contributed by atoms with Gasteiger partial charge in [-0.1, -0.05) is 26.8 Å². The largest absolute Gasteiger partial charge is 0.504 e. The summed E-state index contributed by atoms with van der Waals surface area (Å²) < 4.78 is 0. The Kier molecular flexibility index (Phi) is 6.54. The minimum Gasteiger partial charge on any atom is -0.504 e. The van der Waals surface area contributed by atoms with Gasteiger partial charge in [-0.15, -0.1) is 0 Å². The molecule has 0 spiro atoms. The third-order valence-electron chi connectivity index (χ3n) is 1.94. The summed E-state index contributed by atoms with van der Waals surface area (Å²) in [6.45, 7) is 6.05. The Labute approximate surface area is 91.0 Å². The average Bonchev–Trinajstić information content (AvgIpc) is 2.26. The first-order valence-corrected chi connectivity index (χ1v) is 5.25. The van der Waals surface area contributed by atoms with E-state index in [-0.39, 0.29) is 24.0 Å². The molecule has 0 amide bonds. The highest BCUT2D eigenvalue weighted by Crippen LogP contribution is 2.25. The molecule has 3 N–H and O–H groups in total. The molecule has 0 aliphatic carbocycles. The zero-order valence-electron chi connectivity index (χ0n) is 9.57. The van der Waals surface area contributed by atoms with E-state index in [2.05, 4.69) is 0 Å². The predicted octanol–water partition coefficient (Wildman–Crippen LogP) is 2.29.